The quantitative estimate of drug-likeness (QED) is 0.559. The Balaban J connectivity index is 2.62. The minimum atomic E-state index is -0.316. The van der Waals surface area contributed by atoms with E-state index in [4.69, 9.17) is 4.74 Å². The number of rotatable bonds is 7. The summed E-state index contributed by atoms with van der Waals surface area (Å²) in [7, 11) is 0. The lowest BCUT2D eigenvalue weighted by Gasteiger charge is -2.06. The van der Waals surface area contributed by atoms with Crippen LogP contribution >= 0.6 is 0 Å². The fraction of sp³-hybridized carbons (Fsp3) is 0.375. The molecule has 0 saturated heterocycles. The summed E-state index contributed by atoms with van der Waals surface area (Å²) in [4.78, 5) is 22.2. The molecule has 19 heavy (non-hydrogen) atoms. The minimum Gasteiger partial charge on any atom is -0.463 e. The van der Waals surface area contributed by atoms with Crippen LogP contribution in [0.5, 0.6) is 0 Å². The van der Waals surface area contributed by atoms with Crippen LogP contribution in [0, 0.1) is 0 Å². The van der Waals surface area contributed by atoms with Gasteiger partial charge in [-0.2, -0.15) is 0 Å². The molecule has 1 rings (SSSR count). The van der Waals surface area contributed by atoms with Crippen molar-refractivity contribution in [2.45, 2.75) is 33.1 Å². The average Bonchev–Trinajstić information content (AvgIpc) is 2.38. The van der Waals surface area contributed by atoms with Crippen LogP contribution in [0.3, 0.4) is 0 Å². The third-order valence-corrected chi connectivity index (χ3v) is 2.74. The van der Waals surface area contributed by atoms with Crippen molar-refractivity contribution < 1.29 is 14.3 Å². The van der Waals surface area contributed by atoms with Gasteiger partial charge < -0.3 is 9.53 Å². The van der Waals surface area contributed by atoms with Gasteiger partial charge in [-0.25, -0.2) is 4.79 Å². The molecule has 1 aromatic carbocycles. The number of esters is 1. The first kappa shape index (κ1) is 15.2. The lowest BCUT2D eigenvalue weighted by Crippen LogP contribution is -2.00. The van der Waals surface area contributed by atoms with Crippen molar-refractivity contribution in [1.82, 2.24) is 0 Å². The summed E-state index contributed by atoms with van der Waals surface area (Å²) in [6.45, 7) is 3.77. The van der Waals surface area contributed by atoms with Gasteiger partial charge in [0.05, 0.1) is 6.61 Å². The van der Waals surface area contributed by atoms with E-state index >= 15 is 0 Å². The van der Waals surface area contributed by atoms with Gasteiger partial charge in [-0.1, -0.05) is 30.3 Å². The van der Waals surface area contributed by atoms with Crippen LogP contribution in [0.25, 0.3) is 0 Å². The zero-order valence-electron chi connectivity index (χ0n) is 11.5. The molecule has 0 saturated carbocycles. The fourth-order valence-corrected chi connectivity index (χ4v) is 1.78. The van der Waals surface area contributed by atoms with E-state index in [0.29, 0.717) is 19.4 Å². The van der Waals surface area contributed by atoms with E-state index in [0.717, 1.165) is 17.5 Å². The number of ketones is 1. The molecule has 0 aliphatic rings. The molecule has 0 spiro atoms. The molecule has 102 valence electrons. The van der Waals surface area contributed by atoms with Crippen molar-refractivity contribution in [3.63, 3.8) is 0 Å². The number of hydrogen-bond donors (Lipinski definition) is 0. The van der Waals surface area contributed by atoms with E-state index in [9.17, 15) is 9.59 Å². The monoisotopic (exact) mass is 260 g/mol. The number of aryl methyl sites for hydroxylation is 1. The van der Waals surface area contributed by atoms with Crippen molar-refractivity contribution in [2.75, 3.05) is 6.61 Å². The van der Waals surface area contributed by atoms with Crippen LogP contribution in [0.2, 0.25) is 0 Å². The second-order valence-corrected chi connectivity index (χ2v) is 4.33. The van der Waals surface area contributed by atoms with E-state index in [1.807, 2.05) is 24.3 Å². The van der Waals surface area contributed by atoms with Gasteiger partial charge in [-0.15, -0.1) is 0 Å². The minimum absolute atomic E-state index is 0.192. The highest BCUT2D eigenvalue weighted by atomic mass is 16.5. The molecule has 0 aliphatic carbocycles. The SMILES string of the molecule is CCOC(=O)/C=C/Cc1ccccc1CCC(C)=O. The zero-order valence-corrected chi connectivity index (χ0v) is 11.5. The van der Waals surface area contributed by atoms with Crippen LogP contribution in [0.15, 0.2) is 36.4 Å². The first-order chi connectivity index (χ1) is 9.13. The maximum Gasteiger partial charge on any atom is 0.330 e. The maximum atomic E-state index is 11.2. The van der Waals surface area contributed by atoms with Gasteiger partial charge in [0.1, 0.15) is 5.78 Å². The van der Waals surface area contributed by atoms with E-state index in [1.165, 1.54) is 6.08 Å². The Morgan fingerprint density at radius 2 is 1.89 bits per heavy atom. The molecule has 0 fully saturated rings. The van der Waals surface area contributed by atoms with Crippen LogP contribution < -0.4 is 0 Å². The summed E-state index contributed by atoms with van der Waals surface area (Å²) >= 11 is 0. The molecule has 0 amide bonds. The highest BCUT2D eigenvalue weighted by molar-refractivity contribution is 5.81. The van der Waals surface area contributed by atoms with Crippen molar-refractivity contribution in [1.29, 1.82) is 0 Å². The van der Waals surface area contributed by atoms with Gasteiger partial charge in [0.15, 0.2) is 0 Å². The Hall–Kier alpha value is -1.90. The number of hydrogen-bond acceptors (Lipinski definition) is 3. The van der Waals surface area contributed by atoms with E-state index in [-0.39, 0.29) is 11.8 Å². The van der Waals surface area contributed by atoms with Crippen molar-refractivity contribution in [3.05, 3.63) is 47.5 Å². The van der Waals surface area contributed by atoms with Crippen LogP contribution in [0.1, 0.15) is 31.4 Å². The smallest absolute Gasteiger partial charge is 0.330 e. The van der Waals surface area contributed by atoms with Gasteiger partial charge in [0.25, 0.3) is 0 Å². The summed E-state index contributed by atoms with van der Waals surface area (Å²) in [5.41, 5.74) is 2.30. The Morgan fingerprint density at radius 3 is 2.53 bits per heavy atom. The predicted octanol–water partition coefficient (Wildman–Crippen LogP) is 2.87. The average molecular weight is 260 g/mol. The molecule has 3 heteroatoms. The molecule has 0 unspecified atom stereocenters. The Morgan fingerprint density at radius 1 is 1.21 bits per heavy atom. The largest absolute Gasteiger partial charge is 0.463 e. The van der Waals surface area contributed by atoms with E-state index < -0.39 is 0 Å². The number of ether oxygens (including phenoxy) is 1. The van der Waals surface area contributed by atoms with Gasteiger partial charge in [0.2, 0.25) is 0 Å². The Bertz CT molecular complexity index is 461. The molecule has 0 N–H and O–H groups in total. The second kappa shape index (κ2) is 8.25. The summed E-state index contributed by atoms with van der Waals surface area (Å²) in [6, 6.07) is 7.97. The molecule has 0 heterocycles. The third kappa shape index (κ3) is 6.00. The lowest BCUT2D eigenvalue weighted by molar-refractivity contribution is -0.137. The number of benzene rings is 1. The molecule has 0 atom stereocenters. The van der Waals surface area contributed by atoms with Crippen LogP contribution in [0.4, 0.5) is 0 Å². The van der Waals surface area contributed by atoms with Crippen molar-refractivity contribution >= 4 is 11.8 Å². The van der Waals surface area contributed by atoms with E-state index in [2.05, 4.69) is 0 Å². The maximum absolute atomic E-state index is 11.2. The zero-order chi connectivity index (χ0) is 14.1. The number of Topliss-reactive ketones (excluding diaryl/α,β-unsaturated/α-hetero) is 1. The van der Waals surface area contributed by atoms with Crippen molar-refractivity contribution in [3.8, 4) is 0 Å². The van der Waals surface area contributed by atoms with E-state index in [1.54, 1.807) is 19.9 Å². The Labute approximate surface area is 114 Å². The second-order valence-electron chi connectivity index (χ2n) is 4.33. The topological polar surface area (TPSA) is 43.4 Å². The standard InChI is InChI=1S/C16H20O3/c1-3-19-16(18)10-6-9-14-7-4-5-8-15(14)12-11-13(2)17/h4-8,10H,3,9,11-12H2,1-2H3/b10-6+. The molecule has 0 bridgehead atoms. The Kier molecular flexibility index (Phi) is 6.58. The highest BCUT2D eigenvalue weighted by Crippen LogP contribution is 2.12. The first-order valence-corrected chi connectivity index (χ1v) is 6.53. The number of allylic oxidation sites excluding steroid dienone is 1. The number of carbonyl (C=O) groups excluding carboxylic acids is 2. The molecule has 0 aliphatic heterocycles. The molecule has 3 nitrogen and oxygen atoms in total. The molecular weight excluding hydrogens is 240 g/mol. The third-order valence-electron chi connectivity index (χ3n) is 2.74. The number of carbonyl (C=O) groups is 2. The van der Waals surface area contributed by atoms with Crippen molar-refractivity contribution in [2.24, 2.45) is 0 Å². The first-order valence-electron chi connectivity index (χ1n) is 6.53. The van der Waals surface area contributed by atoms with Gasteiger partial charge >= 0.3 is 5.97 Å². The summed E-state index contributed by atoms with van der Waals surface area (Å²) in [5.74, 6) is -0.124. The highest BCUT2D eigenvalue weighted by Gasteiger charge is 2.02. The van der Waals surface area contributed by atoms with Crippen LogP contribution in [-0.2, 0) is 27.2 Å². The molecule has 0 radical (unpaired) electrons. The fourth-order valence-electron chi connectivity index (χ4n) is 1.78. The molecule has 1 aromatic rings. The summed E-state index contributed by atoms with van der Waals surface area (Å²) in [6.07, 6.45) is 5.22. The van der Waals surface area contributed by atoms with Gasteiger partial charge in [-0.05, 0) is 37.8 Å². The van der Waals surface area contributed by atoms with Crippen LogP contribution in [-0.4, -0.2) is 18.4 Å². The molecule has 0 aromatic heterocycles. The lowest BCUT2D eigenvalue weighted by atomic mass is 9.99. The van der Waals surface area contributed by atoms with Gasteiger partial charge in [0, 0.05) is 12.5 Å². The summed E-state index contributed by atoms with van der Waals surface area (Å²) in [5, 5.41) is 0. The molecular formula is C16H20O3. The van der Waals surface area contributed by atoms with Gasteiger partial charge in [-0.3, -0.25) is 0 Å². The summed E-state index contributed by atoms with van der Waals surface area (Å²) < 4.78 is 4.82. The normalized spacial score (nSPS) is 10.6. The predicted molar refractivity (Wildman–Crippen MR) is 74.9 cm³/mol.